The standard InChI is InChI=1S/C84H64O12/c1-49-65-41-66(74(86)45-73(65)85)50(2)71-44-72(80(96-84(92)64-39-31-60(32-40-64)56-23-15-8-16-24-56)48-79(71)95-83(91)63-37-29-59(30-38-63)55-21-13-7-14-22-55)52(4)68-42-67(75(87)46-76(68)88)51(3)70-43-69(49)77(93-81(89)61-33-25-57(26-34-61)53-17-9-5-10-18-53)47-78(70)94-82(90)62-35-27-58(28-36-62)54-19-11-6-12-20-54/h5-52,85-88H,1-4H3/t49-,50-,51+,52+. The fourth-order valence-corrected chi connectivity index (χ4v) is 12.5. The third-order valence-corrected chi connectivity index (χ3v) is 18.1. The molecule has 12 aromatic rings. The van der Waals surface area contributed by atoms with E-state index in [0.717, 1.165) is 44.5 Å². The van der Waals surface area contributed by atoms with Gasteiger partial charge in [0.05, 0.1) is 22.3 Å². The molecule has 0 saturated carbocycles. The summed E-state index contributed by atoms with van der Waals surface area (Å²) in [6, 6.07) is 78.4. The number of ether oxygens (including phenoxy) is 4. The van der Waals surface area contributed by atoms with E-state index >= 15 is 0 Å². The Morgan fingerprint density at radius 1 is 0.229 bits per heavy atom. The third kappa shape index (κ3) is 12.8. The summed E-state index contributed by atoms with van der Waals surface area (Å²) < 4.78 is 25.7. The van der Waals surface area contributed by atoms with Crippen LogP contribution in [0.2, 0.25) is 0 Å². The lowest BCUT2D eigenvalue weighted by atomic mass is 9.80. The Bertz CT molecular complexity index is 4290. The SMILES string of the molecule is C[C@@H]1c2cc(c(O)cc2O)[C@@H](C)c2cc(c(OC(=O)c3ccc(-c4ccccc4)cc3)cc2OC(=O)c2ccc(-c3ccccc3)cc2)[C@@H](C)c2cc(c(O)cc2O)[C@H](C)c2cc1c(OC(=O)c1ccc(-c3ccccc3)cc1)cc2OC(=O)c1ccc(-c2ccccc2)cc1. The minimum absolute atomic E-state index is 0.0434. The van der Waals surface area contributed by atoms with Crippen LogP contribution in [0.1, 0.15) is 137 Å². The highest BCUT2D eigenvalue weighted by molar-refractivity contribution is 5.95. The highest BCUT2D eigenvalue weighted by Crippen LogP contribution is 2.51. The third-order valence-electron chi connectivity index (χ3n) is 18.1. The van der Waals surface area contributed by atoms with Crippen LogP contribution in [0.4, 0.5) is 0 Å². The maximum absolute atomic E-state index is 14.6. The number of fused-ring (bicyclic) bond motifs is 8. The van der Waals surface area contributed by atoms with E-state index in [9.17, 15) is 39.6 Å². The van der Waals surface area contributed by atoms with Crippen molar-refractivity contribution < 1.29 is 58.6 Å². The van der Waals surface area contributed by atoms with Crippen LogP contribution in [0.25, 0.3) is 44.5 Å². The van der Waals surface area contributed by atoms with Crippen LogP contribution < -0.4 is 18.9 Å². The number of benzene rings is 12. The van der Waals surface area contributed by atoms with Crippen LogP contribution >= 0.6 is 0 Å². The van der Waals surface area contributed by atoms with Gasteiger partial charge >= 0.3 is 23.9 Å². The van der Waals surface area contributed by atoms with Gasteiger partial charge in [-0.1, -0.05) is 198 Å². The molecule has 0 unspecified atom stereocenters. The van der Waals surface area contributed by atoms with Crippen molar-refractivity contribution in [1.29, 1.82) is 0 Å². The smallest absolute Gasteiger partial charge is 0.343 e. The Kier molecular flexibility index (Phi) is 17.4. The summed E-state index contributed by atoms with van der Waals surface area (Å²) in [7, 11) is 0. The van der Waals surface area contributed by atoms with Crippen LogP contribution in [0.15, 0.2) is 267 Å². The second-order valence-corrected chi connectivity index (χ2v) is 24.0. The lowest BCUT2D eigenvalue weighted by Crippen LogP contribution is -2.16. The molecular weight excluding hydrogens is 1200 g/mol. The Morgan fingerprint density at radius 2 is 0.406 bits per heavy atom. The molecule has 4 atom stereocenters. The Morgan fingerprint density at radius 3 is 0.604 bits per heavy atom. The topological polar surface area (TPSA) is 186 Å². The predicted octanol–water partition coefficient (Wildman–Crippen LogP) is 19.0. The molecule has 0 fully saturated rings. The molecule has 8 bridgehead atoms. The van der Waals surface area contributed by atoms with Crippen LogP contribution in [0.5, 0.6) is 46.0 Å². The van der Waals surface area contributed by atoms with E-state index < -0.39 is 47.5 Å². The lowest BCUT2D eigenvalue weighted by molar-refractivity contribution is 0.0711. The van der Waals surface area contributed by atoms with Crippen molar-refractivity contribution in [2.75, 3.05) is 0 Å². The first-order valence-corrected chi connectivity index (χ1v) is 31.5. The largest absolute Gasteiger partial charge is 0.508 e. The molecule has 0 heterocycles. The van der Waals surface area contributed by atoms with Gasteiger partial charge in [0.1, 0.15) is 46.0 Å². The zero-order valence-electron chi connectivity index (χ0n) is 52.8. The number of phenols is 4. The number of carbonyl (C=O) groups is 4. The van der Waals surface area contributed by atoms with Crippen molar-refractivity contribution in [3.63, 3.8) is 0 Å². The molecule has 96 heavy (non-hydrogen) atoms. The number of hydrogen-bond acceptors (Lipinski definition) is 12. The number of phenolic OH excluding ortho intramolecular Hbond substituents is 4. The normalized spacial score (nSPS) is 14.8. The van der Waals surface area contributed by atoms with E-state index in [1.165, 1.54) is 24.3 Å². The van der Waals surface area contributed by atoms with E-state index in [0.29, 0.717) is 22.3 Å². The highest BCUT2D eigenvalue weighted by atomic mass is 16.6. The van der Waals surface area contributed by atoms with E-state index in [-0.39, 0.29) is 90.5 Å². The molecule has 4 N–H and O–H groups in total. The van der Waals surface area contributed by atoms with Crippen molar-refractivity contribution >= 4 is 23.9 Å². The fraction of sp³-hybridized carbons (Fsp3) is 0.0952. The first kappa shape index (κ1) is 62.5. The minimum Gasteiger partial charge on any atom is -0.508 e. The van der Waals surface area contributed by atoms with Gasteiger partial charge in [0, 0.05) is 92.4 Å². The van der Waals surface area contributed by atoms with Crippen LogP contribution in [-0.2, 0) is 0 Å². The fourth-order valence-electron chi connectivity index (χ4n) is 12.5. The first-order valence-electron chi connectivity index (χ1n) is 31.5. The second kappa shape index (κ2) is 26.7. The second-order valence-electron chi connectivity index (χ2n) is 24.0. The molecule has 0 aromatic heterocycles. The van der Waals surface area contributed by atoms with Crippen molar-refractivity contribution in [2.24, 2.45) is 0 Å². The van der Waals surface area contributed by atoms with Gasteiger partial charge in [-0.3, -0.25) is 0 Å². The van der Waals surface area contributed by atoms with Crippen molar-refractivity contribution in [3.05, 3.63) is 334 Å². The maximum atomic E-state index is 14.6. The molecule has 0 aliphatic heterocycles. The molecule has 13 rings (SSSR count). The maximum Gasteiger partial charge on any atom is 0.343 e. The predicted molar refractivity (Wildman–Crippen MR) is 370 cm³/mol. The number of esters is 4. The van der Waals surface area contributed by atoms with E-state index in [1.807, 2.05) is 170 Å². The molecule has 0 radical (unpaired) electrons. The molecule has 12 nitrogen and oxygen atoms in total. The lowest BCUT2D eigenvalue weighted by Gasteiger charge is -2.27. The van der Waals surface area contributed by atoms with E-state index in [2.05, 4.69) is 0 Å². The van der Waals surface area contributed by atoms with Crippen molar-refractivity contribution in [1.82, 2.24) is 0 Å². The molecule has 0 spiro atoms. The number of carbonyl (C=O) groups excluding carboxylic acids is 4. The van der Waals surface area contributed by atoms with Crippen LogP contribution in [0.3, 0.4) is 0 Å². The van der Waals surface area contributed by atoms with E-state index in [1.54, 1.807) is 100 Å². The molecule has 12 heteroatoms. The van der Waals surface area contributed by atoms with Gasteiger partial charge in [0.15, 0.2) is 0 Å². The summed E-state index contributed by atoms with van der Waals surface area (Å²) in [4.78, 5) is 58.5. The van der Waals surface area contributed by atoms with Gasteiger partial charge in [-0.05, 0) is 117 Å². The quantitative estimate of drug-likeness (QED) is 0.0671. The molecule has 0 saturated heterocycles. The average molecular weight is 1270 g/mol. The highest BCUT2D eigenvalue weighted by Gasteiger charge is 2.33. The summed E-state index contributed by atoms with van der Waals surface area (Å²) >= 11 is 0. The Balaban J connectivity index is 0.974. The molecule has 12 aromatic carbocycles. The van der Waals surface area contributed by atoms with Crippen LogP contribution in [-0.4, -0.2) is 44.3 Å². The summed E-state index contributed by atoms with van der Waals surface area (Å²) in [6.07, 6.45) is 0. The molecule has 1 aliphatic rings. The van der Waals surface area contributed by atoms with Gasteiger partial charge in [-0.2, -0.15) is 0 Å². The molecule has 1 aliphatic carbocycles. The summed E-state index contributed by atoms with van der Waals surface area (Å²) in [5, 5.41) is 48.5. The number of aromatic hydroxyl groups is 4. The molecule has 472 valence electrons. The number of rotatable bonds is 12. The minimum atomic E-state index is -0.895. The van der Waals surface area contributed by atoms with Crippen LogP contribution in [0, 0.1) is 0 Å². The Labute approximate surface area is 555 Å². The summed E-state index contributed by atoms with van der Waals surface area (Å²) in [6.45, 7) is 7.13. The first-order chi connectivity index (χ1) is 46.5. The molecule has 0 amide bonds. The van der Waals surface area contributed by atoms with Crippen molar-refractivity contribution in [2.45, 2.75) is 51.4 Å². The number of hydrogen-bond donors (Lipinski definition) is 4. The Hall–Kier alpha value is -12.3. The molecular formula is C84H64O12. The monoisotopic (exact) mass is 1260 g/mol. The average Bonchev–Trinajstić information content (AvgIpc) is 0.782. The van der Waals surface area contributed by atoms with Gasteiger partial charge in [0.25, 0.3) is 0 Å². The van der Waals surface area contributed by atoms with Gasteiger partial charge in [-0.15, -0.1) is 0 Å². The van der Waals surface area contributed by atoms with Gasteiger partial charge in [0.2, 0.25) is 0 Å². The zero-order chi connectivity index (χ0) is 66.7. The summed E-state index contributed by atoms with van der Waals surface area (Å²) in [5.74, 6) is -8.06. The van der Waals surface area contributed by atoms with Gasteiger partial charge in [-0.25, -0.2) is 19.2 Å². The van der Waals surface area contributed by atoms with Crippen molar-refractivity contribution in [3.8, 4) is 90.5 Å². The van der Waals surface area contributed by atoms with Gasteiger partial charge < -0.3 is 39.4 Å². The summed E-state index contributed by atoms with van der Waals surface area (Å²) in [5.41, 5.74) is 10.4. The zero-order valence-corrected chi connectivity index (χ0v) is 52.8. The van der Waals surface area contributed by atoms with E-state index in [4.69, 9.17) is 18.9 Å².